The Morgan fingerprint density at radius 3 is 2.50 bits per heavy atom. The van der Waals surface area contributed by atoms with E-state index in [-0.39, 0.29) is 11.7 Å². The number of ketones is 1. The number of amides is 1. The van der Waals surface area contributed by atoms with Gasteiger partial charge in [-0.25, -0.2) is 0 Å². The summed E-state index contributed by atoms with van der Waals surface area (Å²) in [7, 11) is 0. The van der Waals surface area contributed by atoms with Crippen molar-refractivity contribution < 1.29 is 9.59 Å². The summed E-state index contributed by atoms with van der Waals surface area (Å²) in [5.41, 5.74) is 2.37. The highest BCUT2D eigenvalue weighted by atomic mass is 35.5. The van der Waals surface area contributed by atoms with Gasteiger partial charge in [-0.2, -0.15) is 0 Å². The van der Waals surface area contributed by atoms with Crippen LogP contribution in [0.3, 0.4) is 0 Å². The lowest BCUT2D eigenvalue weighted by Gasteiger charge is -1.99. The van der Waals surface area contributed by atoms with Crippen LogP contribution < -0.4 is 5.32 Å². The van der Waals surface area contributed by atoms with Gasteiger partial charge in [-0.1, -0.05) is 29.8 Å². The van der Waals surface area contributed by atoms with Crippen molar-refractivity contribution in [2.24, 2.45) is 0 Å². The third-order valence-corrected chi connectivity index (χ3v) is 3.37. The maximum atomic E-state index is 12.2. The topological polar surface area (TPSA) is 46.2 Å². The third-order valence-electron chi connectivity index (χ3n) is 3.11. The molecule has 0 aromatic heterocycles. The largest absolute Gasteiger partial charge is 0.321 e. The summed E-state index contributed by atoms with van der Waals surface area (Å²) in [6.07, 6.45) is 1.37. The first-order valence-corrected chi connectivity index (χ1v) is 6.45. The van der Waals surface area contributed by atoms with Crippen molar-refractivity contribution in [3.05, 3.63) is 70.8 Å². The molecule has 0 saturated carbocycles. The number of fused-ring (bicyclic) bond motifs is 1. The summed E-state index contributed by atoms with van der Waals surface area (Å²) in [4.78, 5) is 24.1. The van der Waals surface area contributed by atoms with Crippen molar-refractivity contribution >= 4 is 34.6 Å². The molecule has 1 aliphatic rings. The lowest BCUT2D eigenvalue weighted by Crippen LogP contribution is -2.05. The molecule has 0 bridgehead atoms. The van der Waals surface area contributed by atoms with Crippen LogP contribution in [-0.4, -0.2) is 11.7 Å². The SMILES string of the molecule is O=C1Nc2ccccc2/C1=C\C(=O)c1ccc(Cl)cc1. The molecule has 98 valence electrons. The number of para-hydroxylation sites is 1. The number of benzene rings is 2. The molecule has 0 spiro atoms. The average Bonchev–Trinajstić information content (AvgIpc) is 2.76. The van der Waals surface area contributed by atoms with Gasteiger partial charge in [0.15, 0.2) is 5.78 Å². The fraction of sp³-hybridized carbons (Fsp3) is 0. The molecule has 0 aliphatic carbocycles. The van der Waals surface area contributed by atoms with Gasteiger partial charge in [-0.15, -0.1) is 0 Å². The summed E-state index contributed by atoms with van der Waals surface area (Å²) < 4.78 is 0. The van der Waals surface area contributed by atoms with Gasteiger partial charge in [0.25, 0.3) is 5.91 Å². The predicted molar refractivity (Wildman–Crippen MR) is 78.8 cm³/mol. The predicted octanol–water partition coefficient (Wildman–Crippen LogP) is 3.56. The second-order valence-electron chi connectivity index (χ2n) is 4.43. The van der Waals surface area contributed by atoms with Crippen LogP contribution in [0.25, 0.3) is 5.57 Å². The summed E-state index contributed by atoms with van der Waals surface area (Å²) in [6.45, 7) is 0. The molecule has 20 heavy (non-hydrogen) atoms. The minimum Gasteiger partial charge on any atom is -0.321 e. The van der Waals surface area contributed by atoms with Crippen molar-refractivity contribution in [3.63, 3.8) is 0 Å². The molecule has 1 heterocycles. The first-order valence-electron chi connectivity index (χ1n) is 6.07. The number of rotatable bonds is 2. The van der Waals surface area contributed by atoms with Gasteiger partial charge < -0.3 is 5.32 Å². The number of carbonyl (C=O) groups excluding carboxylic acids is 2. The zero-order valence-electron chi connectivity index (χ0n) is 10.4. The van der Waals surface area contributed by atoms with Gasteiger partial charge in [0, 0.05) is 21.8 Å². The van der Waals surface area contributed by atoms with Crippen LogP contribution in [0.5, 0.6) is 0 Å². The van der Waals surface area contributed by atoms with Crippen molar-refractivity contribution in [2.45, 2.75) is 0 Å². The molecule has 4 heteroatoms. The number of halogens is 1. The summed E-state index contributed by atoms with van der Waals surface area (Å²) >= 11 is 5.79. The molecule has 1 N–H and O–H groups in total. The Bertz CT molecular complexity index is 732. The third kappa shape index (κ3) is 2.24. The Balaban J connectivity index is 1.98. The van der Waals surface area contributed by atoms with E-state index in [9.17, 15) is 9.59 Å². The zero-order valence-corrected chi connectivity index (χ0v) is 11.1. The minimum atomic E-state index is -0.256. The molecule has 2 aromatic rings. The maximum absolute atomic E-state index is 12.2. The van der Waals surface area contributed by atoms with Crippen LogP contribution in [0, 0.1) is 0 Å². The van der Waals surface area contributed by atoms with Gasteiger partial charge in [-0.3, -0.25) is 9.59 Å². The molecule has 3 rings (SSSR count). The molecule has 0 radical (unpaired) electrons. The van der Waals surface area contributed by atoms with Crippen LogP contribution >= 0.6 is 11.6 Å². The number of anilines is 1. The van der Waals surface area contributed by atoms with E-state index in [0.29, 0.717) is 16.2 Å². The lowest BCUT2D eigenvalue weighted by atomic mass is 10.0. The first-order chi connectivity index (χ1) is 9.65. The van der Waals surface area contributed by atoms with Gasteiger partial charge in [0.05, 0.1) is 5.57 Å². The Kier molecular flexibility index (Phi) is 3.12. The van der Waals surface area contributed by atoms with E-state index in [1.807, 2.05) is 18.2 Å². The summed E-state index contributed by atoms with van der Waals surface area (Å²) in [5.74, 6) is -0.475. The first kappa shape index (κ1) is 12.6. The van der Waals surface area contributed by atoms with Gasteiger partial charge >= 0.3 is 0 Å². The van der Waals surface area contributed by atoms with Crippen molar-refractivity contribution in [2.75, 3.05) is 5.32 Å². The number of nitrogens with one attached hydrogen (secondary N) is 1. The molecule has 0 atom stereocenters. The maximum Gasteiger partial charge on any atom is 0.256 e. The minimum absolute atomic E-state index is 0.219. The van der Waals surface area contributed by atoms with Gasteiger partial charge in [0.2, 0.25) is 0 Å². The molecule has 1 aliphatic heterocycles. The quantitative estimate of drug-likeness (QED) is 0.677. The molecule has 1 amide bonds. The van der Waals surface area contributed by atoms with E-state index in [0.717, 1.165) is 11.3 Å². The smallest absolute Gasteiger partial charge is 0.256 e. The Morgan fingerprint density at radius 2 is 1.75 bits per heavy atom. The fourth-order valence-electron chi connectivity index (χ4n) is 2.11. The van der Waals surface area contributed by atoms with Gasteiger partial charge in [0.1, 0.15) is 0 Å². The summed E-state index contributed by atoms with van der Waals surface area (Å²) in [5, 5.41) is 3.30. The molecule has 0 fully saturated rings. The van der Waals surface area contributed by atoms with Crippen LogP contribution in [0.4, 0.5) is 5.69 Å². The average molecular weight is 284 g/mol. The van der Waals surface area contributed by atoms with Crippen molar-refractivity contribution in [1.82, 2.24) is 0 Å². The highest BCUT2D eigenvalue weighted by molar-refractivity contribution is 6.35. The lowest BCUT2D eigenvalue weighted by molar-refractivity contribution is -0.110. The van der Waals surface area contributed by atoms with E-state index < -0.39 is 0 Å². The molecule has 0 saturated heterocycles. The second kappa shape index (κ2) is 4.94. The standard InChI is InChI=1S/C16H10ClNO2/c17-11-7-5-10(6-8-11)15(19)9-13-12-3-1-2-4-14(12)18-16(13)20/h1-9H,(H,18,20)/b13-9+. The Labute approximate surface area is 120 Å². The van der Waals surface area contributed by atoms with Gasteiger partial charge in [-0.05, 0) is 36.4 Å². The van der Waals surface area contributed by atoms with Crippen LogP contribution in [0.15, 0.2) is 54.6 Å². The fourth-order valence-corrected chi connectivity index (χ4v) is 2.24. The Morgan fingerprint density at radius 1 is 1.05 bits per heavy atom. The zero-order chi connectivity index (χ0) is 14.1. The number of carbonyl (C=O) groups is 2. The summed E-state index contributed by atoms with van der Waals surface area (Å²) in [6, 6.07) is 13.9. The highest BCUT2D eigenvalue weighted by Crippen LogP contribution is 2.31. The van der Waals surface area contributed by atoms with Crippen molar-refractivity contribution in [1.29, 1.82) is 0 Å². The molecule has 3 nitrogen and oxygen atoms in total. The molecular formula is C16H10ClNO2. The van der Waals surface area contributed by atoms with Crippen LogP contribution in [0.1, 0.15) is 15.9 Å². The van der Waals surface area contributed by atoms with E-state index in [2.05, 4.69) is 5.32 Å². The molecular weight excluding hydrogens is 274 g/mol. The highest BCUT2D eigenvalue weighted by Gasteiger charge is 2.24. The number of hydrogen-bond acceptors (Lipinski definition) is 2. The van der Waals surface area contributed by atoms with E-state index >= 15 is 0 Å². The van der Waals surface area contributed by atoms with E-state index in [1.54, 1.807) is 30.3 Å². The molecule has 0 unspecified atom stereocenters. The second-order valence-corrected chi connectivity index (χ2v) is 4.87. The van der Waals surface area contributed by atoms with Crippen molar-refractivity contribution in [3.8, 4) is 0 Å². The Hall–Kier alpha value is -2.39. The monoisotopic (exact) mass is 283 g/mol. The van der Waals surface area contributed by atoms with E-state index in [1.165, 1.54) is 6.08 Å². The normalized spacial score (nSPS) is 15.1. The van der Waals surface area contributed by atoms with E-state index in [4.69, 9.17) is 11.6 Å². The van der Waals surface area contributed by atoms with Crippen LogP contribution in [-0.2, 0) is 4.79 Å². The van der Waals surface area contributed by atoms with Crippen LogP contribution in [0.2, 0.25) is 5.02 Å². The number of hydrogen-bond donors (Lipinski definition) is 1. The number of allylic oxidation sites excluding steroid dienone is 1. The molecule has 2 aromatic carbocycles.